The molecule has 1 heterocycles. The Morgan fingerprint density at radius 3 is 2.37 bits per heavy atom. The fourth-order valence-electron chi connectivity index (χ4n) is 2.21. The van der Waals surface area contributed by atoms with E-state index in [1.54, 1.807) is 42.5 Å². The van der Waals surface area contributed by atoms with Crippen molar-refractivity contribution in [2.75, 3.05) is 18.2 Å². The summed E-state index contributed by atoms with van der Waals surface area (Å²) >= 11 is 12.0. The van der Waals surface area contributed by atoms with Crippen molar-refractivity contribution in [2.24, 2.45) is 0 Å². The maximum Gasteiger partial charge on any atom is 0.337 e. The van der Waals surface area contributed by atoms with Gasteiger partial charge in [0.05, 0.1) is 12.7 Å². The normalized spacial score (nSPS) is 10.3. The summed E-state index contributed by atoms with van der Waals surface area (Å²) in [7, 11) is 1.32. The third-order valence-corrected chi connectivity index (χ3v) is 3.90. The van der Waals surface area contributed by atoms with Gasteiger partial charge in [0.2, 0.25) is 5.88 Å². The Kier molecular flexibility index (Phi) is 5.63. The van der Waals surface area contributed by atoms with Gasteiger partial charge in [-0.1, -0.05) is 23.2 Å². The number of halogens is 2. The van der Waals surface area contributed by atoms with Gasteiger partial charge < -0.3 is 20.5 Å². The van der Waals surface area contributed by atoms with E-state index in [1.807, 2.05) is 0 Å². The van der Waals surface area contributed by atoms with Crippen LogP contribution in [0, 0.1) is 0 Å². The van der Waals surface area contributed by atoms with Gasteiger partial charge in [-0.2, -0.15) is 4.98 Å². The van der Waals surface area contributed by atoms with E-state index in [2.05, 4.69) is 20.0 Å². The number of methoxy groups -OCH3 is 1. The van der Waals surface area contributed by atoms with Crippen molar-refractivity contribution in [3.8, 4) is 11.6 Å². The van der Waals surface area contributed by atoms with Crippen LogP contribution in [0.2, 0.25) is 10.0 Å². The Bertz CT molecular complexity index is 961. The van der Waals surface area contributed by atoms with Gasteiger partial charge in [0.25, 0.3) is 0 Å². The summed E-state index contributed by atoms with van der Waals surface area (Å²) in [6.07, 6.45) is 1.31. The second-order valence-corrected chi connectivity index (χ2v) is 6.22. The number of esters is 1. The third kappa shape index (κ3) is 4.58. The third-order valence-electron chi connectivity index (χ3n) is 3.46. The predicted octanol–water partition coefficient (Wildman–Crippen LogP) is 4.69. The average Bonchev–Trinajstić information content (AvgIpc) is 2.64. The molecule has 0 spiro atoms. The largest absolute Gasteiger partial charge is 0.465 e. The number of nitrogen functional groups attached to an aromatic ring is 1. The topological polar surface area (TPSA) is 99.4 Å². The number of anilines is 3. The molecule has 0 fully saturated rings. The van der Waals surface area contributed by atoms with Crippen molar-refractivity contribution in [3.05, 3.63) is 64.4 Å². The fourth-order valence-corrected chi connectivity index (χ4v) is 2.74. The summed E-state index contributed by atoms with van der Waals surface area (Å²) in [5.41, 5.74) is 7.32. The first kappa shape index (κ1) is 18.8. The van der Waals surface area contributed by atoms with Crippen LogP contribution in [-0.2, 0) is 4.74 Å². The molecule has 0 saturated heterocycles. The summed E-state index contributed by atoms with van der Waals surface area (Å²) in [4.78, 5) is 19.6. The van der Waals surface area contributed by atoms with E-state index < -0.39 is 5.97 Å². The molecular weight excluding hydrogens is 391 g/mol. The summed E-state index contributed by atoms with van der Waals surface area (Å²) in [5.74, 6) is 0.510. The highest BCUT2D eigenvalue weighted by Crippen LogP contribution is 2.32. The van der Waals surface area contributed by atoms with E-state index in [4.69, 9.17) is 33.7 Å². The zero-order valence-electron chi connectivity index (χ0n) is 14.1. The molecule has 1 aromatic heterocycles. The maximum absolute atomic E-state index is 11.5. The quantitative estimate of drug-likeness (QED) is 0.594. The fraction of sp³-hybridized carbons (Fsp3) is 0.0556. The minimum Gasteiger partial charge on any atom is -0.465 e. The Balaban J connectivity index is 1.81. The van der Waals surface area contributed by atoms with Crippen LogP contribution in [0.4, 0.5) is 17.2 Å². The van der Waals surface area contributed by atoms with Crippen LogP contribution >= 0.6 is 23.2 Å². The first-order valence-corrected chi connectivity index (χ1v) is 8.41. The highest BCUT2D eigenvalue weighted by Gasteiger charge is 2.12. The Hall–Kier alpha value is -3.03. The standard InChI is InChI=1S/C18H14Cl2N4O3/c1-26-18(25)10-2-4-14(5-3-10)27-17-15(21)16(22-9-23-17)24-13-7-11(19)6-12(20)8-13/h2-9H,21H2,1H3,(H,22,23,24). The molecule has 27 heavy (non-hydrogen) atoms. The lowest BCUT2D eigenvalue weighted by Gasteiger charge is -2.12. The molecule has 0 radical (unpaired) electrons. The van der Waals surface area contributed by atoms with Crippen LogP contribution in [0.3, 0.4) is 0 Å². The molecule has 138 valence electrons. The number of hydrogen-bond acceptors (Lipinski definition) is 7. The molecule has 3 N–H and O–H groups in total. The van der Waals surface area contributed by atoms with Gasteiger partial charge in [-0.05, 0) is 42.5 Å². The maximum atomic E-state index is 11.5. The SMILES string of the molecule is COC(=O)c1ccc(Oc2ncnc(Nc3cc(Cl)cc(Cl)c3)c2N)cc1. The minimum absolute atomic E-state index is 0.159. The minimum atomic E-state index is -0.435. The lowest BCUT2D eigenvalue weighted by atomic mass is 10.2. The number of nitrogens with two attached hydrogens (primary N) is 1. The van der Waals surface area contributed by atoms with Crippen molar-refractivity contribution >= 4 is 46.4 Å². The number of hydrogen-bond donors (Lipinski definition) is 2. The van der Waals surface area contributed by atoms with Crippen molar-refractivity contribution in [1.82, 2.24) is 9.97 Å². The van der Waals surface area contributed by atoms with Crippen molar-refractivity contribution in [2.45, 2.75) is 0 Å². The van der Waals surface area contributed by atoms with Gasteiger partial charge in [0.1, 0.15) is 17.8 Å². The number of carbonyl (C=O) groups is 1. The zero-order valence-corrected chi connectivity index (χ0v) is 15.6. The summed E-state index contributed by atoms with van der Waals surface area (Å²) in [6, 6.07) is 11.3. The van der Waals surface area contributed by atoms with E-state index in [9.17, 15) is 4.79 Å². The van der Waals surface area contributed by atoms with Crippen LogP contribution < -0.4 is 15.8 Å². The van der Waals surface area contributed by atoms with Crippen LogP contribution in [-0.4, -0.2) is 23.0 Å². The van der Waals surface area contributed by atoms with E-state index in [0.717, 1.165) is 0 Å². The van der Waals surface area contributed by atoms with Crippen molar-refractivity contribution in [1.29, 1.82) is 0 Å². The Morgan fingerprint density at radius 2 is 1.74 bits per heavy atom. The van der Waals surface area contributed by atoms with Gasteiger partial charge in [-0.3, -0.25) is 0 Å². The number of aromatic nitrogens is 2. The predicted molar refractivity (Wildman–Crippen MR) is 104 cm³/mol. The van der Waals surface area contributed by atoms with Crippen molar-refractivity contribution < 1.29 is 14.3 Å². The number of rotatable bonds is 5. The van der Waals surface area contributed by atoms with Crippen LogP contribution in [0.1, 0.15) is 10.4 Å². The van der Waals surface area contributed by atoms with Crippen molar-refractivity contribution in [3.63, 3.8) is 0 Å². The molecule has 3 rings (SSSR count). The number of nitrogens with zero attached hydrogens (tertiary/aromatic N) is 2. The van der Waals surface area contributed by atoms with Crippen LogP contribution in [0.5, 0.6) is 11.6 Å². The number of nitrogens with one attached hydrogen (secondary N) is 1. The molecule has 0 aliphatic carbocycles. The van der Waals surface area contributed by atoms with E-state index in [-0.39, 0.29) is 11.6 Å². The van der Waals surface area contributed by atoms with Crippen LogP contribution in [0.25, 0.3) is 0 Å². The average molecular weight is 405 g/mol. The number of carbonyl (C=O) groups excluding carboxylic acids is 1. The molecule has 3 aromatic rings. The van der Waals surface area contributed by atoms with E-state index in [0.29, 0.717) is 32.9 Å². The second-order valence-electron chi connectivity index (χ2n) is 5.34. The number of ether oxygens (including phenoxy) is 2. The first-order chi connectivity index (χ1) is 13.0. The molecule has 0 atom stereocenters. The highest BCUT2D eigenvalue weighted by atomic mass is 35.5. The lowest BCUT2D eigenvalue weighted by Crippen LogP contribution is -2.03. The molecule has 0 unspecified atom stereocenters. The first-order valence-electron chi connectivity index (χ1n) is 7.66. The molecule has 2 aromatic carbocycles. The molecule has 0 aliphatic heterocycles. The van der Waals surface area contributed by atoms with Gasteiger partial charge in [-0.15, -0.1) is 0 Å². The molecule has 0 amide bonds. The monoisotopic (exact) mass is 404 g/mol. The zero-order chi connectivity index (χ0) is 19.4. The molecule has 0 aliphatic rings. The summed E-state index contributed by atoms with van der Waals surface area (Å²) < 4.78 is 10.3. The molecule has 7 nitrogen and oxygen atoms in total. The molecular formula is C18H14Cl2N4O3. The molecule has 9 heteroatoms. The van der Waals surface area contributed by atoms with Gasteiger partial charge in [0, 0.05) is 15.7 Å². The highest BCUT2D eigenvalue weighted by molar-refractivity contribution is 6.35. The van der Waals surface area contributed by atoms with E-state index >= 15 is 0 Å². The van der Waals surface area contributed by atoms with Gasteiger partial charge >= 0.3 is 5.97 Å². The van der Waals surface area contributed by atoms with Crippen LogP contribution in [0.15, 0.2) is 48.8 Å². The van der Waals surface area contributed by atoms with Gasteiger partial charge in [-0.25, -0.2) is 9.78 Å². The Labute approximate surface area is 165 Å². The van der Waals surface area contributed by atoms with E-state index in [1.165, 1.54) is 13.4 Å². The second kappa shape index (κ2) is 8.11. The summed E-state index contributed by atoms with van der Waals surface area (Å²) in [5, 5.41) is 3.97. The molecule has 0 bridgehead atoms. The molecule has 0 saturated carbocycles. The Morgan fingerprint density at radius 1 is 1.07 bits per heavy atom. The van der Waals surface area contributed by atoms with Gasteiger partial charge in [0.15, 0.2) is 5.82 Å². The summed E-state index contributed by atoms with van der Waals surface area (Å²) in [6.45, 7) is 0. The smallest absolute Gasteiger partial charge is 0.337 e. The number of benzene rings is 2. The lowest BCUT2D eigenvalue weighted by molar-refractivity contribution is 0.0600.